The summed E-state index contributed by atoms with van der Waals surface area (Å²) in [4.78, 5) is 12.5. The summed E-state index contributed by atoms with van der Waals surface area (Å²) in [7, 11) is 0. The van der Waals surface area contributed by atoms with Gasteiger partial charge in [-0.1, -0.05) is 0 Å². The molecule has 4 nitrogen and oxygen atoms in total. The number of hydrogen-bond donors (Lipinski definition) is 1. The third-order valence-corrected chi connectivity index (χ3v) is 1.87. The van der Waals surface area contributed by atoms with Gasteiger partial charge < -0.3 is 5.32 Å². The second-order valence-corrected chi connectivity index (χ2v) is 2.73. The van der Waals surface area contributed by atoms with Crippen molar-refractivity contribution in [2.45, 2.75) is 0 Å². The molecule has 0 unspecified atom stereocenters. The zero-order valence-corrected chi connectivity index (χ0v) is 6.60. The molecule has 0 aromatic carbocycles. The first kappa shape index (κ1) is 7.95. The highest BCUT2D eigenvalue weighted by Crippen LogP contribution is 2.14. The topological polar surface area (TPSA) is 56.1 Å². The fourth-order valence-electron chi connectivity index (χ4n) is 0.626. The smallest absolute Gasteiger partial charge is 0.323 e. The van der Waals surface area contributed by atoms with E-state index >= 15 is 0 Å². The van der Waals surface area contributed by atoms with E-state index in [2.05, 4.69) is 5.32 Å². The van der Waals surface area contributed by atoms with Gasteiger partial charge >= 0.3 is 6.03 Å². The number of carbonyl (C=O) groups is 1. The number of nitrogens with one attached hydrogen (secondary N) is 1. The van der Waals surface area contributed by atoms with Crippen LogP contribution in [0.1, 0.15) is 0 Å². The van der Waals surface area contributed by atoms with E-state index in [1.165, 1.54) is 4.90 Å². The number of urea groups is 1. The third kappa shape index (κ3) is 2.16. The Morgan fingerprint density at radius 2 is 2.73 bits per heavy atom. The molecule has 0 fully saturated rings. The maximum atomic E-state index is 11.0. The molecule has 0 saturated carbocycles. The predicted octanol–water partition coefficient (Wildman–Crippen LogP) is 0.697. The highest BCUT2D eigenvalue weighted by molar-refractivity contribution is 8.02. The van der Waals surface area contributed by atoms with Gasteiger partial charge in [-0.25, -0.2) is 4.79 Å². The van der Waals surface area contributed by atoms with Gasteiger partial charge in [0.2, 0.25) is 0 Å². The van der Waals surface area contributed by atoms with Crippen molar-refractivity contribution < 1.29 is 4.79 Å². The van der Waals surface area contributed by atoms with Crippen molar-refractivity contribution in [3.63, 3.8) is 0 Å². The van der Waals surface area contributed by atoms with E-state index in [4.69, 9.17) is 5.26 Å². The van der Waals surface area contributed by atoms with Gasteiger partial charge in [-0.05, 0) is 5.41 Å². The van der Waals surface area contributed by atoms with Gasteiger partial charge in [-0.3, -0.25) is 4.90 Å². The van der Waals surface area contributed by atoms with Crippen LogP contribution in [-0.4, -0.2) is 23.4 Å². The quantitative estimate of drug-likeness (QED) is 0.588. The number of carbonyl (C=O) groups excluding carboxylic acids is 1. The largest absolute Gasteiger partial charge is 0.325 e. The Morgan fingerprint density at radius 1 is 1.91 bits per heavy atom. The molecule has 0 saturated heterocycles. The van der Waals surface area contributed by atoms with E-state index in [-0.39, 0.29) is 12.6 Å². The van der Waals surface area contributed by atoms with Crippen LogP contribution in [0.2, 0.25) is 0 Å². The van der Waals surface area contributed by atoms with Crippen LogP contribution in [0.15, 0.2) is 11.6 Å². The van der Waals surface area contributed by atoms with E-state index in [1.54, 1.807) is 18.0 Å². The highest BCUT2D eigenvalue weighted by Gasteiger charge is 2.12. The van der Waals surface area contributed by atoms with Gasteiger partial charge in [0.1, 0.15) is 6.54 Å². The molecule has 1 rings (SSSR count). The maximum Gasteiger partial charge on any atom is 0.323 e. The summed E-state index contributed by atoms with van der Waals surface area (Å²) in [6.07, 6.45) is 1.69. The summed E-state index contributed by atoms with van der Waals surface area (Å²) >= 11 is 1.55. The monoisotopic (exact) mass is 169 g/mol. The first-order chi connectivity index (χ1) is 5.34. The third-order valence-electron chi connectivity index (χ3n) is 1.13. The van der Waals surface area contributed by atoms with Crippen LogP contribution in [0.25, 0.3) is 0 Å². The van der Waals surface area contributed by atoms with E-state index in [0.29, 0.717) is 5.88 Å². The summed E-state index contributed by atoms with van der Waals surface area (Å²) in [6.45, 7) is 0.0633. The van der Waals surface area contributed by atoms with Crippen LogP contribution < -0.4 is 5.32 Å². The van der Waals surface area contributed by atoms with Crippen molar-refractivity contribution in [1.29, 1.82) is 5.26 Å². The summed E-state index contributed by atoms with van der Waals surface area (Å²) in [5, 5.41) is 12.4. The van der Waals surface area contributed by atoms with Gasteiger partial charge in [-0.15, -0.1) is 11.8 Å². The second kappa shape index (κ2) is 3.88. The minimum absolute atomic E-state index is 0.0633. The van der Waals surface area contributed by atoms with Gasteiger partial charge in [0.25, 0.3) is 0 Å². The highest BCUT2D eigenvalue weighted by atomic mass is 32.2. The summed E-state index contributed by atoms with van der Waals surface area (Å²) < 4.78 is 0. The summed E-state index contributed by atoms with van der Waals surface area (Å²) in [6, 6.07) is 1.62. The van der Waals surface area contributed by atoms with Crippen molar-refractivity contribution in [2.24, 2.45) is 0 Å². The lowest BCUT2D eigenvalue weighted by molar-refractivity contribution is 0.222. The molecule has 0 spiro atoms. The predicted molar refractivity (Wildman–Crippen MR) is 42.4 cm³/mol. The molecule has 0 radical (unpaired) electrons. The van der Waals surface area contributed by atoms with Gasteiger partial charge in [0.15, 0.2) is 0 Å². The molecular formula is C6H7N3OS. The molecule has 0 atom stereocenters. The van der Waals surface area contributed by atoms with Crippen LogP contribution in [-0.2, 0) is 0 Å². The standard InChI is InChI=1S/C6H7N3OS/c7-1-2-8-6(10)9-3-4-11-5-9/h3-4H,2,5H2,(H,8,10). The van der Waals surface area contributed by atoms with Crippen LogP contribution in [0.5, 0.6) is 0 Å². The average Bonchev–Trinajstić information content (AvgIpc) is 2.52. The molecule has 0 aromatic heterocycles. The first-order valence-corrected chi connectivity index (χ1v) is 4.09. The lowest BCUT2D eigenvalue weighted by Crippen LogP contribution is -2.35. The molecule has 1 heterocycles. The zero-order chi connectivity index (χ0) is 8.10. The van der Waals surface area contributed by atoms with Crippen LogP contribution in [0.3, 0.4) is 0 Å². The van der Waals surface area contributed by atoms with E-state index in [0.717, 1.165) is 0 Å². The molecule has 58 valence electrons. The van der Waals surface area contributed by atoms with Crippen molar-refractivity contribution >= 4 is 17.8 Å². The minimum atomic E-state index is -0.215. The summed E-state index contributed by atoms with van der Waals surface area (Å²) in [5.74, 6) is 0.636. The summed E-state index contributed by atoms with van der Waals surface area (Å²) in [5.41, 5.74) is 0. The molecule has 0 aliphatic carbocycles. The van der Waals surface area contributed by atoms with Gasteiger partial charge in [0, 0.05) is 6.20 Å². The Hall–Kier alpha value is -1.15. The SMILES string of the molecule is N#CCNC(=O)N1C=CSC1. The van der Waals surface area contributed by atoms with Crippen LogP contribution >= 0.6 is 11.8 Å². The fourth-order valence-corrected chi connectivity index (χ4v) is 1.31. The number of thioether (sulfide) groups is 1. The molecule has 11 heavy (non-hydrogen) atoms. The number of hydrogen-bond acceptors (Lipinski definition) is 3. The Labute approximate surface area is 68.9 Å². The van der Waals surface area contributed by atoms with Gasteiger partial charge in [0.05, 0.1) is 11.9 Å². The van der Waals surface area contributed by atoms with E-state index in [1.807, 2.05) is 11.5 Å². The Kier molecular flexibility index (Phi) is 2.81. The molecule has 1 aliphatic heterocycles. The molecule has 5 heteroatoms. The fraction of sp³-hybridized carbons (Fsp3) is 0.333. The molecule has 2 amide bonds. The first-order valence-electron chi connectivity index (χ1n) is 3.04. The zero-order valence-electron chi connectivity index (χ0n) is 5.78. The number of nitrogens with zero attached hydrogens (tertiary/aromatic N) is 2. The molecule has 0 bridgehead atoms. The van der Waals surface area contributed by atoms with Gasteiger partial charge in [-0.2, -0.15) is 5.26 Å². The molecule has 1 aliphatic rings. The maximum absolute atomic E-state index is 11.0. The second-order valence-electron chi connectivity index (χ2n) is 1.87. The molecular weight excluding hydrogens is 162 g/mol. The molecule has 1 N–H and O–H groups in total. The van der Waals surface area contributed by atoms with Crippen molar-refractivity contribution in [1.82, 2.24) is 10.2 Å². The average molecular weight is 169 g/mol. The minimum Gasteiger partial charge on any atom is -0.325 e. The number of amides is 2. The Bertz CT molecular complexity index is 220. The lowest BCUT2D eigenvalue weighted by atomic mass is 10.7. The van der Waals surface area contributed by atoms with Crippen LogP contribution in [0, 0.1) is 11.3 Å². The van der Waals surface area contributed by atoms with E-state index in [9.17, 15) is 4.79 Å². The van der Waals surface area contributed by atoms with E-state index < -0.39 is 0 Å². The normalized spacial score (nSPS) is 14.6. The van der Waals surface area contributed by atoms with Crippen molar-refractivity contribution in [3.05, 3.63) is 11.6 Å². The van der Waals surface area contributed by atoms with Crippen molar-refractivity contribution in [2.75, 3.05) is 12.4 Å². The van der Waals surface area contributed by atoms with Crippen LogP contribution in [0.4, 0.5) is 4.79 Å². The van der Waals surface area contributed by atoms with Crippen molar-refractivity contribution in [3.8, 4) is 6.07 Å². The number of rotatable bonds is 1. The number of nitriles is 1. The Morgan fingerprint density at radius 3 is 3.27 bits per heavy atom. The Balaban J connectivity index is 2.30. The lowest BCUT2D eigenvalue weighted by Gasteiger charge is -2.11. The molecule has 0 aromatic rings.